The van der Waals surface area contributed by atoms with Crippen molar-refractivity contribution in [3.63, 3.8) is 0 Å². The van der Waals surface area contributed by atoms with Crippen molar-refractivity contribution in [3.8, 4) is 0 Å². The third-order valence-electron chi connectivity index (χ3n) is 2.47. The van der Waals surface area contributed by atoms with E-state index in [4.69, 9.17) is 15.6 Å². The molecule has 0 spiro atoms. The monoisotopic (exact) mass is 231 g/mol. The van der Waals surface area contributed by atoms with E-state index in [1.165, 1.54) is 6.92 Å². The maximum Gasteiger partial charge on any atom is 0.323 e. The minimum atomic E-state index is -1.13. The quantitative estimate of drug-likeness (QED) is 0.657. The zero-order valence-corrected chi connectivity index (χ0v) is 10.9. The fraction of sp³-hybridized carbons (Fsp3) is 0.917. The SMILES string of the molecule is CC(C)(C)CCOCCCC(C)(N)C(=O)O. The average Bonchev–Trinajstić information content (AvgIpc) is 2.09. The van der Waals surface area contributed by atoms with Crippen molar-refractivity contribution in [1.29, 1.82) is 0 Å². The Morgan fingerprint density at radius 3 is 2.19 bits per heavy atom. The zero-order valence-electron chi connectivity index (χ0n) is 10.9. The van der Waals surface area contributed by atoms with Crippen molar-refractivity contribution in [2.24, 2.45) is 11.1 Å². The van der Waals surface area contributed by atoms with Gasteiger partial charge in [-0.25, -0.2) is 0 Å². The molecule has 0 bridgehead atoms. The Balaban J connectivity index is 3.52. The second-order valence-corrected chi connectivity index (χ2v) is 5.75. The van der Waals surface area contributed by atoms with Crippen molar-refractivity contribution in [2.75, 3.05) is 13.2 Å². The minimum Gasteiger partial charge on any atom is -0.480 e. The van der Waals surface area contributed by atoms with E-state index < -0.39 is 11.5 Å². The van der Waals surface area contributed by atoms with Crippen molar-refractivity contribution in [1.82, 2.24) is 0 Å². The van der Waals surface area contributed by atoms with Crippen LogP contribution in [0.2, 0.25) is 0 Å². The Morgan fingerprint density at radius 2 is 1.75 bits per heavy atom. The van der Waals surface area contributed by atoms with Gasteiger partial charge in [0.15, 0.2) is 0 Å². The number of ether oxygens (including phenoxy) is 1. The van der Waals surface area contributed by atoms with Crippen LogP contribution >= 0.6 is 0 Å². The van der Waals surface area contributed by atoms with Gasteiger partial charge >= 0.3 is 5.97 Å². The molecule has 0 fully saturated rings. The first-order valence-electron chi connectivity index (χ1n) is 5.75. The number of nitrogens with two attached hydrogens (primary N) is 1. The van der Waals surface area contributed by atoms with Gasteiger partial charge in [-0.05, 0) is 31.6 Å². The van der Waals surface area contributed by atoms with Gasteiger partial charge < -0.3 is 15.6 Å². The van der Waals surface area contributed by atoms with Crippen molar-refractivity contribution in [3.05, 3.63) is 0 Å². The topological polar surface area (TPSA) is 72.5 Å². The maximum absolute atomic E-state index is 10.7. The summed E-state index contributed by atoms with van der Waals surface area (Å²) in [6.07, 6.45) is 2.13. The second-order valence-electron chi connectivity index (χ2n) is 5.75. The van der Waals surface area contributed by atoms with E-state index in [0.29, 0.717) is 19.4 Å². The molecule has 0 aliphatic carbocycles. The summed E-state index contributed by atoms with van der Waals surface area (Å²) >= 11 is 0. The lowest BCUT2D eigenvalue weighted by Crippen LogP contribution is -2.44. The molecule has 0 radical (unpaired) electrons. The molecule has 4 heteroatoms. The summed E-state index contributed by atoms with van der Waals surface area (Å²) in [5.41, 5.74) is 4.74. The van der Waals surface area contributed by atoms with E-state index in [-0.39, 0.29) is 5.41 Å². The van der Waals surface area contributed by atoms with Crippen LogP contribution in [0.3, 0.4) is 0 Å². The zero-order chi connectivity index (χ0) is 12.8. The first-order chi connectivity index (χ1) is 7.15. The molecule has 1 atom stereocenters. The van der Waals surface area contributed by atoms with Crippen LogP contribution in [0.4, 0.5) is 0 Å². The van der Waals surface area contributed by atoms with Gasteiger partial charge in [0.2, 0.25) is 0 Å². The van der Waals surface area contributed by atoms with Crippen LogP contribution in [0, 0.1) is 5.41 Å². The maximum atomic E-state index is 10.7. The molecular weight excluding hydrogens is 206 g/mol. The Kier molecular flexibility index (Phi) is 5.97. The number of carboxylic acids is 1. The van der Waals surface area contributed by atoms with Crippen molar-refractivity contribution in [2.45, 2.75) is 52.5 Å². The van der Waals surface area contributed by atoms with Crippen LogP contribution in [0.15, 0.2) is 0 Å². The Labute approximate surface area is 98.2 Å². The van der Waals surface area contributed by atoms with Gasteiger partial charge in [-0.15, -0.1) is 0 Å². The number of carbonyl (C=O) groups is 1. The summed E-state index contributed by atoms with van der Waals surface area (Å²) in [4.78, 5) is 10.7. The molecule has 0 aliphatic heterocycles. The summed E-state index contributed by atoms with van der Waals surface area (Å²) in [6, 6.07) is 0. The number of hydrogen-bond acceptors (Lipinski definition) is 3. The molecule has 0 rings (SSSR count). The van der Waals surface area contributed by atoms with Gasteiger partial charge in [0.25, 0.3) is 0 Å². The molecule has 1 unspecified atom stereocenters. The summed E-state index contributed by atoms with van der Waals surface area (Å²) in [5.74, 6) is -0.956. The Bertz CT molecular complexity index is 219. The largest absolute Gasteiger partial charge is 0.480 e. The fourth-order valence-corrected chi connectivity index (χ4v) is 1.13. The lowest BCUT2D eigenvalue weighted by molar-refractivity contribution is -0.143. The Morgan fingerprint density at radius 1 is 1.19 bits per heavy atom. The van der Waals surface area contributed by atoms with Crippen LogP contribution in [-0.4, -0.2) is 29.8 Å². The van der Waals surface area contributed by atoms with Crippen LogP contribution in [-0.2, 0) is 9.53 Å². The first kappa shape index (κ1) is 15.4. The predicted octanol–water partition coefficient (Wildman–Crippen LogP) is 2.02. The average molecular weight is 231 g/mol. The minimum absolute atomic E-state index is 0.281. The van der Waals surface area contributed by atoms with E-state index in [0.717, 1.165) is 13.0 Å². The molecule has 0 saturated heterocycles. The van der Waals surface area contributed by atoms with Crippen LogP contribution in [0.25, 0.3) is 0 Å². The van der Waals surface area contributed by atoms with Gasteiger partial charge in [0.1, 0.15) is 5.54 Å². The highest BCUT2D eigenvalue weighted by Crippen LogP contribution is 2.18. The van der Waals surface area contributed by atoms with E-state index in [9.17, 15) is 4.79 Å². The van der Waals surface area contributed by atoms with Crippen molar-refractivity contribution >= 4 is 5.97 Å². The van der Waals surface area contributed by atoms with Crippen LogP contribution in [0.1, 0.15) is 47.0 Å². The van der Waals surface area contributed by atoms with Gasteiger partial charge in [-0.2, -0.15) is 0 Å². The third-order valence-corrected chi connectivity index (χ3v) is 2.47. The van der Waals surface area contributed by atoms with Gasteiger partial charge in [-0.3, -0.25) is 4.79 Å². The molecule has 4 nitrogen and oxygen atoms in total. The number of hydrogen-bond donors (Lipinski definition) is 2. The van der Waals surface area contributed by atoms with E-state index >= 15 is 0 Å². The van der Waals surface area contributed by atoms with Crippen molar-refractivity contribution < 1.29 is 14.6 Å². The molecule has 0 aromatic rings. The summed E-state index contributed by atoms with van der Waals surface area (Å²) < 4.78 is 5.44. The van der Waals surface area contributed by atoms with Gasteiger partial charge in [-0.1, -0.05) is 20.8 Å². The smallest absolute Gasteiger partial charge is 0.323 e. The predicted molar refractivity (Wildman–Crippen MR) is 64.4 cm³/mol. The molecule has 0 aliphatic rings. The molecule has 0 aromatic heterocycles. The molecule has 3 N–H and O–H groups in total. The normalized spacial score (nSPS) is 15.8. The number of rotatable bonds is 7. The molecule has 96 valence electrons. The summed E-state index contributed by atoms with van der Waals surface area (Å²) in [7, 11) is 0. The molecule has 0 amide bonds. The number of aliphatic carboxylic acids is 1. The lowest BCUT2D eigenvalue weighted by Gasteiger charge is -2.20. The molecule has 0 aromatic carbocycles. The number of carboxylic acid groups (broad SMARTS) is 1. The Hall–Kier alpha value is -0.610. The molecule has 0 heterocycles. The highest BCUT2D eigenvalue weighted by atomic mass is 16.5. The van der Waals surface area contributed by atoms with E-state index in [2.05, 4.69) is 20.8 Å². The highest BCUT2D eigenvalue weighted by molar-refractivity contribution is 5.77. The summed E-state index contributed by atoms with van der Waals surface area (Å²) in [5, 5.41) is 8.78. The summed E-state index contributed by atoms with van der Waals surface area (Å²) in [6.45, 7) is 9.33. The van der Waals surface area contributed by atoms with Gasteiger partial charge in [0.05, 0.1) is 0 Å². The molecule has 16 heavy (non-hydrogen) atoms. The van der Waals surface area contributed by atoms with E-state index in [1.807, 2.05) is 0 Å². The first-order valence-corrected chi connectivity index (χ1v) is 5.75. The second kappa shape index (κ2) is 6.21. The van der Waals surface area contributed by atoms with Crippen LogP contribution < -0.4 is 5.73 Å². The highest BCUT2D eigenvalue weighted by Gasteiger charge is 2.26. The molecular formula is C12H25NO3. The third kappa shape index (κ3) is 7.65. The van der Waals surface area contributed by atoms with Gasteiger partial charge in [0, 0.05) is 13.2 Å². The van der Waals surface area contributed by atoms with Crippen LogP contribution in [0.5, 0.6) is 0 Å². The fourth-order valence-electron chi connectivity index (χ4n) is 1.13. The van der Waals surface area contributed by atoms with E-state index in [1.54, 1.807) is 0 Å². The lowest BCUT2D eigenvalue weighted by atomic mass is 9.93. The standard InChI is InChI=1S/C12H25NO3/c1-11(2,3)7-9-16-8-5-6-12(4,13)10(14)15/h5-9,13H2,1-4H3,(H,14,15). The molecule has 0 saturated carbocycles.